The van der Waals surface area contributed by atoms with E-state index in [9.17, 15) is 22.4 Å². The van der Waals surface area contributed by atoms with Crippen molar-refractivity contribution in [2.24, 2.45) is 0 Å². The van der Waals surface area contributed by atoms with E-state index in [1.54, 1.807) is 0 Å². The number of halogens is 4. The molecule has 2 aliphatic rings. The smallest absolute Gasteiger partial charge is 0.382 e. The molecule has 4 N–H and O–H groups in total. The summed E-state index contributed by atoms with van der Waals surface area (Å²) in [5.74, 6) is -1.22. The predicted octanol–water partition coefficient (Wildman–Crippen LogP) is 3.31. The number of anilines is 1. The highest BCUT2D eigenvalue weighted by atomic mass is 19.4. The van der Waals surface area contributed by atoms with Gasteiger partial charge in [-0.25, -0.2) is 14.4 Å². The lowest BCUT2D eigenvalue weighted by molar-refractivity contribution is -0.142. The van der Waals surface area contributed by atoms with Gasteiger partial charge in [-0.3, -0.25) is 9.48 Å². The van der Waals surface area contributed by atoms with Gasteiger partial charge in [0, 0.05) is 35.4 Å². The van der Waals surface area contributed by atoms with Crippen LogP contribution in [-0.2, 0) is 6.54 Å². The lowest BCUT2D eigenvalue weighted by atomic mass is 9.99. The number of nitrogen functional groups attached to an aromatic ring is 1. The van der Waals surface area contributed by atoms with E-state index >= 15 is 0 Å². The molecule has 0 bridgehead atoms. The first-order chi connectivity index (χ1) is 16.6. The Labute approximate surface area is 197 Å². The van der Waals surface area contributed by atoms with Crippen LogP contribution in [0, 0.1) is 5.82 Å². The van der Waals surface area contributed by atoms with E-state index in [4.69, 9.17) is 5.73 Å². The molecule has 1 aliphatic carbocycles. The van der Waals surface area contributed by atoms with Crippen LogP contribution in [0.2, 0.25) is 0 Å². The first kappa shape index (κ1) is 23.2. The van der Waals surface area contributed by atoms with Gasteiger partial charge in [-0.1, -0.05) is 6.07 Å². The highest BCUT2D eigenvalue weighted by Gasteiger charge is 2.45. The second-order valence-electron chi connectivity index (χ2n) is 9.10. The number of nitrogens with zero attached hydrogens (tertiary/aromatic N) is 4. The summed E-state index contributed by atoms with van der Waals surface area (Å²) in [7, 11) is 0. The Hall–Kier alpha value is -3.54. The number of carbonyl (C=O) groups is 1. The molecule has 1 spiro atoms. The van der Waals surface area contributed by atoms with Crippen LogP contribution in [-0.4, -0.2) is 50.0 Å². The maximum Gasteiger partial charge on any atom is 0.408 e. The first-order valence-electron chi connectivity index (χ1n) is 11.2. The fourth-order valence-corrected chi connectivity index (χ4v) is 4.31. The van der Waals surface area contributed by atoms with E-state index in [0.717, 1.165) is 30.4 Å². The van der Waals surface area contributed by atoms with Crippen LogP contribution in [0.4, 0.5) is 23.4 Å². The Morgan fingerprint density at radius 3 is 2.71 bits per heavy atom. The number of rotatable bonds is 5. The van der Waals surface area contributed by atoms with Crippen LogP contribution >= 0.6 is 0 Å². The van der Waals surface area contributed by atoms with Gasteiger partial charge >= 0.3 is 6.18 Å². The molecule has 2 aromatic heterocycles. The van der Waals surface area contributed by atoms with Crippen molar-refractivity contribution in [2.45, 2.75) is 50.0 Å². The van der Waals surface area contributed by atoms with Gasteiger partial charge in [-0.15, -0.1) is 0 Å². The second kappa shape index (κ2) is 8.59. The Morgan fingerprint density at radius 1 is 1.23 bits per heavy atom. The van der Waals surface area contributed by atoms with Crippen molar-refractivity contribution in [2.75, 3.05) is 12.3 Å². The van der Waals surface area contributed by atoms with Crippen molar-refractivity contribution >= 4 is 11.7 Å². The zero-order valence-electron chi connectivity index (χ0n) is 18.6. The standard InChI is InChI=1S/C23H23F4N7O/c24-17-2-1-13(14-8-31-34(11-14)12-23(25,26)27)7-16(17)18-10-29-20(28)19(33-18)21(35)32-15-3-4-22(5-6-22)30-9-15/h1-2,7-8,10-11,15,30H,3-6,9,12H2,(H2,28,29)(H,32,35)/t15-/m0/s1. The lowest BCUT2D eigenvalue weighted by Crippen LogP contribution is -2.50. The van der Waals surface area contributed by atoms with Crippen molar-refractivity contribution in [3.63, 3.8) is 0 Å². The molecular weight excluding hydrogens is 466 g/mol. The van der Waals surface area contributed by atoms with Crippen LogP contribution in [0.25, 0.3) is 22.4 Å². The number of benzene rings is 1. The average Bonchev–Trinajstić information content (AvgIpc) is 3.41. The minimum Gasteiger partial charge on any atom is -0.382 e. The molecule has 1 aromatic carbocycles. The molecule has 184 valence electrons. The van der Waals surface area contributed by atoms with Gasteiger partial charge in [0.15, 0.2) is 11.5 Å². The molecule has 35 heavy (non-hydrogen) atoms. The van der Waals surface area contributed by atoms with Gasteiger partial charge in [0.2, 0.25) is 0 Å². The minimum atomic E-state index is -4.42. The zero-order valence-corrected chi connectivity index (χ0v) is 18.6. The van der Waals surface area contributed by atoms with E-state index < -0.39 is 24.4 Å². The number of piperidine rings is 1. The van der Waals surface area contributed by atoms with Crippen LogP contribution in [0.3, 0.4) is 0 Å². The Kier molecular flexibility index (Phi) is 5.70. The average molecular weight is 489 g/mol. The van der Waals surface area contributed by atoms with Crippen LogP contribution in [0.1, 0.15) is 36.2 Å². The molecule has 1 saturated carbocycles. The molecule has 0 radical (unpaired) electrons. The number of aromatic nitrogens is 4. The van der Waals surface area contributed by atoms with Gasteiger partial charge in [0.1, 0.15) is 12.4 Å². The van der Waals surface area contributed by atoms with Crippen molar-refractivity contribution in [1.29, 1.82) is 0 Å². The third kappa shape index (κ3) is 5.11. The number of alkyl halides is 3. The van der Waals surface area contributed by atoms with E-state index in [0.29, 0.717) is 17.7 Å². The molecule has 2 fully saturated rings. The fraction of sp³-hybridized carbons (Fsp3) is 0.391. The second-order valence-corrected chi connectivity index (χ2v) is 9.10. The van der Waals surface area contributed by atoms with E-state index in [-0.39, 0.29) is 34.3 Å². The minimum absolute atomic E-state index is 0.0302. The third-order valence-corrected chi connectivity index (χ3v) is 6.45. The van der Waals surface area contributed by atoms with Crippen molar-refractivity contribution in [3.8, 4) is 22.4 Å². The monoisotopic (exact) mass is 489 g/mol. The summed E-state index contributed by atoms with van der Waals surface area (Å²) in [6, 6.07) is 3.94. The molecular formula is C23H23F4N7O. The Balaban J connectivity index is 1.37. The summed E-state index contributed by atoms with van der Waals surface area (Å²) >= 11 is 0. The number of amides is 1. The Morgan fingerprint density at radius 2 is 2.03 bits per heavy atom. The number of hydrogen-bond acceptors (Lipinski definition) is 6. The molecule has 5 rings (SSSR count). The molecule has 1 aliphatic heterocycles. The Bertz CT molecular complexity index is 1260. The maximum atomic E-state index is 14.7. The van der Waals surface area contributed by atoms with Gasteiger partial charge in [-0.05, 0) is 43.4 Å². The SMILES string of the molecule is Nc1ncc(-c2cc(-c3cnn(CC(F)(F)F)c3)ccc2F)nc1C(=O)N[C@H]1CCC2(CC2)NC1. The summed E-state index contributed by atoms with van der Waals surface area (Å²) in [6.45, 7) is -0.585. The van der Waals surface area contributed by atoms with E-state index in [2.05, 4.69) is 25.7 Å². The maximum absolute atomic E-state index is 14.7. The molecule has 8 nitrogen and oxygen atoms in total. The van der Waals surface area contributed by atoms with E-state index in [1.807, 2.05) is 0 Å². The lowest BCUT2D eigenvalue weighted by Gasteiger charge is -2.30. The van der Waals surface area contributed by atoms with Gasteiger partial charge in [0.25, 0.3) is 5.91 Å². The zero-order chi connectivity index (χ0) is 24.8. The summed E-state index contributed by atoms with van der Waals surface area (Å²) in [4.78, 5) is 21.2. The summed E-state index contributed by atoms with van der Waals surface area (Å²) in [5.41, 5.74) is 6.93. The topological polar surface area (TPSA) is 111 Å². The van der Waals surface area contributed by atoms with Crippen LogP contribution in [0.5, 0.6) is 0 Å². The molecule has 12 heteroatoms. The van der Waals surface area contributed by atoms with Crippen molar-refractivity contribution in [3.05, 3.63) is 48.3 Å². The number of nitrogens with two attached hydrogens (primary N) is 1. The highest BCUT2D eigenvalue weighted by Crippen LogP contribution is 2.41. The summed E-state index contributed by atoms with van der Waals surface area (Å²) in [6.07, 6.45) is 3.45. The van der Waals surface area contributed by atoms with Gasteiger partial charge < -0.3 is 16.4 Å². The summed E-state index contributed by atoms with van der Waals surface area (Å²) < 4.78 is 53.4. The predicted molar refractivity (Wildman–Crippen MR) is 120 cm³/mol. The van der Waals surface area contributed by atoms with Crippen LogP contribution in [0.15, 0.2) is 36.8 Å². The fourth-order valence-electron chi connectivity index (χ4n) is 4.31. The molecule has 0 unspecified atom stereocenters. The molecule has 1 amide bonds. The van der Waals surface area contributed by atoms with Crippen molar-refractivity contribution < 1.29 is 22.4 Å². The van der Waals surface area contributed by atoms with Gasteiger partial charge in [-0.2, -0.15) is 18.3 Å². The molecule has 3 aromatic rings. The molecule has 1 atom stereocenters. The number of nitrogens with one attached hydrogen (secondary N) is 2. The van der Waals surface area contributed by atoms with Crippen molar-refractivity contribution in [1.82, 2.24) is 30.4 Å². The molecule has 3 heterocycles. The van der Waals surface area contributed by atoms with E-state index in [1.165, 1.54) is 36.8 Å². The normalized spacial score (nSPS) is 19.0. The first-order valence-corrected chi connectivity index (χ1v) is 11.2. The quantitative estimate of drug-likeness (QED) is 0.475. The number of hydrogen-bond donors (Lipinski definition) is 3. The largest absolute Gasteiger partial charge is 0.408 e. The summed E-state index contributed by atoms with van der Waals surface area (Å²) in [5, 5.41) is 10.1. The third-order valence-electron chi connectivity index (χ3n) is 6.45. The molecule has 1 saturated heterocycles. The highest BCUT2D eigenvalue weighted by molar-refractivity contribution is 5.97. The van der Waals surface area contributed by atoms with Crippen LogP contribution < -0.4 is 16.4 Å². The van der Waals surface area contributed by atoms with Gasteiger partial charge in [0.05, 0.1) is 18.1 Å². The number of carbonyl (C=O) groups excluding carboxylic acids is 1.